The lowest BCUT2D eigenvalue weighted by Crippen LogP contribution is -2.46. The molecule has 1 aliphatic heterocycles. The molecule has 1 atom stereocenters. The number of hydrazone groups is 1. The number of hydrazine groups is 1. The second-order valence-electron chi connectivity index (χ2n) is 6.17. The molecule has 0 aromatic heterocycles. The molecular formula is C20H18N4O2S. The Labute approximate surface area is 161 Å². The Hall–Kier alpha value is -3.03. The summed E-state index contributed by atoms with van der Waals surface area (Å²) in [7, 11) is 0. The van der Waals surface area contributed by atoms with E-state index in [0.29, 0.717) is 17.9 Å². The molecule has 7 heteroatoms. The summed E-state index contributed by atoms with van der Waals surface area (Å²) in [4.78, 5) is 11.4. The summed E-state index contributed by atoms with van der Waals surface area (Å²) in [6, 6.07) is 21.2. The minimum Gasteiger partial charge on any atom is -0.478 e. The highest BCUT2D eigenvalue weighted by Gasteiger charge is 2.26. The number of fused-ring (bicyclic) bond motifs is 1. The van der Waals surface area contributed by atoms with Gasteiger partial charge in [-0.05, 0) is 28.5 Å². The lowest BCUT2D eigenvalue weighted by molar-refractivity contribution is 0.0695. The maximum Gasteiger partial charge on any atom is 0.336 e. The summed E-state index contributed by atoms with van der Waals surface area (Å²) in [5.41, 5.74) is 7.73. The molecule has 0 spiro atoms. The van der Waals surface area contributed by atoms with Crippen molar-refractivity contribution in [1.82, 2.24) is 15.9 Å². The molecule has 4 rings (SSSR count). The van der Waals surface area contributed by atoms with Crippen LogP contribution in [-0.2, 0) is 6.54 Å². The largest absolute Gasteiger partial charge is 0.478 e. The Morgan fingerprint density at radius 3 is 2.67 bits per heavy atom. The van der Waals surface area contributed by atoms with Crippen molar-refractivity contribution < 1.29 is 9.90 Å². The molecule has 0 fully saturated rings. The SMILES string of the molecule is O=C(O)c1ccccc1CNN1C(c2ccc3ccccc3c2)=NNC1S. The molecule has 0 saturated heterocycles. The van der Waals surface area contributed by atoms with Gasteiger partial charge in [-0.3, -0.25) is 10.4 Å². The maximum atomic E-state index is 11.4. The molecule has 0 saturated carbocycles. The molecule has 27 heavy (non-hydrogen) atoms. The van der Waals surface area contributed by atoms with Gasteiger partial charge in [-0.25, -0.2) is 10.2 Å². The molecule has 3 aromatic carbocycles. The highest BCUT2D eigenvalue weighted by Crippen LogP contribution is 2.20. The first kappa shape index (κ1) is 17.4. The average Bonchev–Trinajstić information content (AvgIpc) is 3.06. The number of hydrogen-bond donors (Lipinski definition) is 4. The van der Waals surface area contributed by atoms with Crippen LogP contribution in [0.4, 0.5) is 0 Å². The normalized spacial score (nSPS) is 16.3. The molecular weight excluding hydrogens is 360 g/mol. The van der Waals surface area contributed by atoms with Crippen LogP contribution in [0.5, 0.6) is 0 Å². The number of hydrogen-bond acceptors (Lipinski definition) is 6. The zero-order valence-electron chi connectivity index (χ0n) is 14.3. The minimum atomic E-state index is -0.946. The molecule has 3 N–H and O–H groups in total. The van der Waals surface area contributed by atoms with Crippen LogP contribution in [0.2, 0.25) is 0 Å². The van der Waals surface area contributed by atoms with E-state index in [1.807, 2.05) is 24.3 Å². The van der Waals surface area contributed by atoms with E-state index in [1.165, 1.54) is 0 Å². The maximum absolute atomic E-state index is 11.4. The van der Waals surface area contributed by atoms with E-state index in [9.17, 15) is 9.90 Å². The number of thiol groups is 1. The molecule has 136 valence electrons. The monoisotopic (exact) mass is 378 g/mol. The summed E-state index contributed by atoms with van der Waals surface area (Å²) in [5.74, 6) is -0.244. The quantitative estimate of drug-likeness (QED) is 0.514. The first-order valence-electron chi connectivity index (χ1n) is 8.48. The molecule has 1 heterocycles. The van der Waals surface area contributed by atoms with Crippen molar-refractivity contribution in [3.05, 3.63) is 83.4 Å². The first-order chi connectivity index (χ1) is 13.1. The van der Waals surface area contributed by atoms with Gasteiger partial charge in [-0.1, -0.05) is 54.6 Å². The minimum absolute atomic E-state index is 0.275. The Morgan fingerprint density at radius 1 is 1.11 bits per heavy atom. The van der Waals surface area contributed by atoms with E-state index in [1.54, 1.807) is 23.2 Å². The van der Waals surface area contributed by atoms with Crippen LogP contribution < -0.4 is 10.9 Å². The van der Waals surface area contributed by atoms with Crippen LogP contribution in [0.25, 0.3) is 10.8 Å². The first-order valence-corrected chi connectivity index (χ1v) is 8.99. The third-order valence-electron chi connectivity index (χ3n) is 4.45. The number of carboxylic acid groups (broad SMARTS) is 1. The number of aromatic carboxylic acids is 1. The summed E-state index contributed by atoms with van der Waals surface area (Å²) >= 11 is 4.50. The molecule has 0 radical (unpaired) electrons. The summed E-state index contributed by atoms with van der Waals surface area (Å²) < 4.78 is 0. The van der Waals surface area contributed by atoms with Crippen molar-refractivity contribution in [1.29, 1.82) is 0 Å². The van der Waals surface area contributed by atoms with Crippen LogP contribution in [0.15, 0.2) is 71.8 Å². The molecule has 1 unspecified atom stereocenters. The highest BCUT2D eigenvalue weighted by atomic mass is 32.1. The van der Waals surface area contributed by atoms with E-state index < -0.39 is 5.97 Å². The van der Waals surface area contributed by atoms with Crippen LogP contribution in [0.1, 0.15) is 21.5 Å². The van der Waals surface area contributed by atoms with Gasteiger partial charge in [-0.2, -0.15) is 5.10 Å². The molecule has 6 nitrogen and oxygen atoms in total. The Bertz CT molecular complexity index is 1040. The topological polar surface area (TPSA) is 77.0 Å². The van der Waals surface area contributed by atoms with Crippen LogP contribution in [-0.4, -0.2) is 27.4 Å². The molecule has 1 aliphatic rings. The van der Waals surface area contributed by atoms with Crippen LogP contribution in [0.3, 0.4) is 0 Å². The third-order valence-corrected chi connectivity index (χ3v) is 4.80. The standard InChI is InChI=1S/C20H18N4O2S/c25-19(26)17-8-4-3-7-16(17)12-21-24-18(22-23-20(24)27)15-10-9-13-5-1-2-6-14(13)11-15/h1-11,20-21,23,27H,12H2,(H,25,26). The zero-order valence-corrected chi connectivity index (χ0v) is 15.2. The van der Waals surface area contributed by atoms with Gasteiger partial charge in [0, 0.05) is 12.1 Å². The number of carbonyl (C=O) groups is 1. The van der Waals surface area contributed by atoms with Gasteiger partial charge in [-0.15, -0.1) is 12.6 Å². The fourth-order valence-corrected chi connectivity index (χ4v) is 3.34. The van der Waals surface area contributed by atoms with E-state index in [-0.39, 0.29) is 11.1 Å². The average molecular weight is 378 g/mol. The molecule has 0 amide bonds. The lowest BCUT2D eigenvalue weighted by Gasteiger charge is -2.25. The molecule has 0 aliphatic carbocycles. The van der Waals surface area contributed by atoms with E-state index in [4.69, 9.17) is 0 Å². The summed E-state index contributed by atoms with van der Waals surface area (Å²) in [6.07, 6.45) is 0. The van der Waals surface area contributed by atoms with Crippen molar-refractivity contribution in [2.45, 2.75) is 12.0 Å². The van der Waals surface area contributed by atoms with Crippen molar-refractivity contribution in [3.63, 3.8) is 0 Å². The van der Waals surface area contributed by atoms with E-state index >= 15 is 0 Å². The summed E-state index contributed by atoms with van der Waals surface area (Å²) in [6.45, 7) is 0.341. The fourth-order valence-electron chi connectivity index (χ4n) is 3.09. The van der Waals surface area contributed by atoms with Gasteiger partial charge >= 0.3 is 5.97 Å². The third kappa shape index (κ3) is 3.47. The molecule has 0 bridgehead atoms. The smallest absolute Gasteiger partial charge is 0.336 e. The number of amidine groups is 1. The van der Waals surface area contributed by atoms with Crippen molar-refractivity contribution >= 4 is 35.2 Å². The predicted octanol–water partition coefficient (Wildman–Crippen LogP) is 3.02. The number of nitrogens with one attached hydrogen (secondary N) is 2. The van der Waals surface area contributed by atoms with Crippen molar-refractivity contribution in [2.24, 2.45) is 5.10 Å². The van der Waals surface area contributed by atoms with Crippen molar-refractivity contribution in [3.8, 4) is 0 Å². The Kier molecular flexibility index (Phi) is 4.70. The Morgan fingerprint density at radius 2 is 1.85 bits per heavy atom. The van der Waals surface area contributed by atoms with Gasteiger partial charge in [0.05, 0.1) is 5.56 Å². The number of benzene rings is 3. The van der Waals surface area contributed by atoms with Crippen molar-refractivity contribution in [2.75, 3.05) is 0 Å². The second-order valence-corrected chi connectivity index (χ2v) is 6.66. The fraction of sp³-hybridized carbons (Fsp3) is 0.100. The van der Waals surface area contributed by atoms with E-state index in [2.05, 4.69) is 52.8 Å². The Balaban J connectivity index is 1.58. The van der Waals surface area contributed by atoms with Gasteiger partial charge in [0.1, 0.15) is 0 Å². The second kappa shape index (κ2) is 7.30. The van der Waals surface area contributed by atoms with Gasteiger partial charge in [0.15, 0.2) is 11.3 Å². The van der Waals surface area contributed by atoms with E-state index in [0.717, 1.165) is 16.3 Å². The lowest BCUT2D eigenvalue weighted by atomic mass is 10.1. The number of rotatable bonds is 5. The zero-order chi connectivity index (χ0) is 18.8. The molecule has 3 aromatic rings. The van der Waals surface area contributed by atoms with Crippen LogP contribution in [0, 0.1) is 0 Å². The van der Waals surface area contributed by atoms with Gasteiger partial charge in [0.25, 0.3) is 0 Å². The highest BCUT2D eigenvalue weighted by molar-refractivity contribution is 7.80. The van der Waals surface area contributed by atoms with Crippen LogP contribution >= 0.6 is 12.6 Å². The van der Waals surface area contributed by atoms with Gasteiger partial charge in [0.2, 0.25) is 0 Å². The van der Waals surface area contributed by atoms with Gasteiger partial charge < -0.3 is 5.11 Å². The summed E-state index contributed by atoms with van der Waals surface area (Å²) in [5, 5.41) is 17.8. The number of carboxylic acids is 1. The predicted molar refractivity (Wildman–Crippen MR) is 108 cm³/mol. The number of nitrogens with zero attached hydrogens (tertiary/aromatic N) is 2.